The minimum Gasteiger partial charge on any atom is -0.483 e. The molecule has 11 nitrogen and oxygen atoms in total. The molecule has 32 heavy (non-hydrogen) atoms. The number of para-hydroxylation sites is 1. The van der Waals surface area contributed by atoms with Crippen LogP contribution in [0.4, 0.5) is 0 Å². The summed E-state index contributed by atoms with van der Waals surface area (Å²) in [6.07, 6.45) is 0. The second-order valence-corrected chi connectivity index (χ2v) is 7.50. The number of rotatable bonds is 4. The number of ether oxygens (including phenoxy) is 1. The molecule has 0 amide bonds. The molecule has 0 radical (unpaired) electrons. The van der Waals surface area contributed by atoms with Gasteiger partial charge in [0.15, 0.2) is 0 Å². The predicted octanol–water partition coefficient (Wildman–Crippen LogP) is 0.147. The first-order chi connectivity index (χ1) is 15.4. The molecule has 2 aromatic rings. The zero-order valence-corrected chi connectivity index (χ0v) is 17.4. The highest BCUT2D eigenvalue weighted by Crippen LogP contribution is 2.21. The molecule has 2 atom stereocenters. The average Bonchev–Trinajstić information content (AvgIpc) is 2.99. The lowest BCUT2D eigenvalue weighted by Gasteiger charge is -2.30. The zero-order chi connectivity index (χ0) is 23.5. The molecule has 0 aliphatic carbocycles. The van der Waals surface area contributed by atoms with E-state index in [0.29, 0.717) is 32.8 Å². The molecule has 4 N–H and O–H groups in total. The van der Waals surface area contributed by atoms with Crippen LogP contribution in [0.1, 0.15) is 5.56 Å². The van der Waals surface area contributed by atoms with Gasteiger partial charge in [0.05, 0.1) is 19.8 Å². The number of aromatic amines is 1. The van der Waals surface area contributed by atoms with Gasteiger partial charge in [-0.15, -0.1) is 0 Å². The number of pyridine rings is 1. The highest BCUT2D eigenvalue weighted by Gasteiger charge is 2.34. The van der Waals surface area contributed by atoms with E-state index in [4.69, 9.17) is 29.6 Å². The number of hydrogen-bond donors (Lipinski definition) is 4. The number of H-pyrrole nitrogens is 1. The third kappa shape index (κ3) is 7.15. The minimum atomic E-state index is -0.802. The van der Waals surface area contributed by atoms with E-state index in [1.165, 1.54) is 0 Å². The van der Waals surface area contributed by atoms with E-state index in [1.807, 2.05) is 35.2 Å². The molecular weight excluding hydrogens is 422 g/mol. The zero-order valence-electron chi connectivity index (χ0n) is 17.4. The Balaban J connectivity index is 0.000000547. The maximum Gasteiger partial charge on any atom is 0.317 e. The van der Waals surface area contributed by atoms with E-state index in [0.717, 1.165) is 23.0 Å². The number of aromatic nitrogens is 1. The standard InChI is InChI=1S/C19H23N3O4.2CH2O2/c23-18(24)10-21-6-13-7-22(16(9-21)12-26-11-13)8-15-5-14-3-1-2-4-17(14)20-19(15)25;2*2-1-3/h1-5,13,16H,6-12H2,(H,20,25)(H,23,24);2*1H,(H,2,3)/t13-,16-;;/m0../s1. The Kier molecular flexibility index (Phi) is 9.79. The summed E-state index contributed by atoms with van der Waals surface area (Å²) >= 11 is 0. The van der Waals surface area contributed by atoms with Crippen molar-refractivity contribution in [2.75, 3.05) is 39.4 Å². The second kappa shape index (κ2) is 12.5. The summed E-state index contributed by atoms with van der Waals surface area (Å²) in [5, 5.41) is 23.9. The van der Waals surface area contributed by atoms with Crippen LogP contribution in [0.5, 0.6) is 0 Å². The molecule has 174 valence electrons. The van der Waals surface area contributed by atoms with Gasteiger partial charge in [-0.05, 0) is 17.5 Å². The largest absolute Gasteiger partial charge is 0.483 e. The van der Waals surface area contributed by atoms with Crippen LogP contribution in [0.2, 0.25) is 0 Å². The lowest BCUT2D eigenvalue weighted by Crippen LogP contribution is -2.45. The topological polar surface area (TPSA) is 160 Å². The number of fused-ring (bicyclic) bond motifs is 4. The number of nitrogens with one attached hydrogen (secondary N) is 1. The molecule has 1 aromatic carbocycles. The fourth-order valence-corrected chi connectivity index (χ4v) is 4.07. The summed E-state index contributed by atoms with van der Waals surface area (Å²) in [5.41, 5.74) is 1.51. The number of hydrogen-bond acceptors (Lipinski definition) is 7. The Morgan fingerprint density at radius 3 is 2.50 bits per heavy atom. The molecule has 2 aliphatic rings. The molecule has 2 aliphatic heterocycles. The summed E-state index contributed by atoms with van der Waals surface area (Å²) in [6.45, 7) is 3.48. The SMILES string of the molecule is O=C(O)CN1C[C@@H]2COC[C@H](C1)N(Cc1cc3ccccc3[nH]c1=O)C2.O=CO.O=CO. The molecule has 0 spiro atoms. The monoisotopic (exact) mass is 449 g/mol. The van der Waals surface area contributed by atoms with Crippen molar-refractivity contribution in [2.24, 2.45) is 5.92 Å². The molecule has 2 bridgehead atoms. The van der Waals surface area contributed by atoms with Gasteiger partial charge in [-0.2, -0.15) is 0 Å². The number of carboxylic acid groups (broad SMARTS) is 3. The lowest BCUT2D eigenvalue weighted by molar-refractivity contribution is -0.138. The maximum absolute atomic E-state index is 12.5. The molecule has 3 heterocycles. The highest BCUT2D eigenvalue weighted by molar-refractivity contribution is 5.78. The van der Waals surface area contributed by atoms with Crippen LogP contribution >= 0.6 is 0 Å². The van der Waals surface area contributed by atoms with Crippen LogP contribution in [-0.2, 0) is 25.7 Å². The van der Waals surface area contributed by atoms with E-state index in [-0.39, 0.29) is 37.0 Å². The second-order valence-electron chi connectivity index (χ2n) is 7.50. The summed E-state index contributed by atoms with van der Waals surface area (Å²) in [5.74, 6) is -0.551. The van der Waals surface area contributed by atoms with Gasteiger partial charge in [-0.3, -0.25) is 29.0 Å². The van der Waals surface area contributed by atoms with Crippen LogP contribution < -0.4 is 5.56 Å². The Hall–Kier alpha value is -3.28. The summed E-state index contributed by atoms with van der Waals surface area (Å²) in [7, 11) is 0. The predicted molar refractivity (Wildman–Crippen MR) is 115 cm³/mol. The molecule has 0 saturated carbocycles. The van der Waals surface area contributed by atoms with Crippen LogP contribution in [0.3, 0.4) is 0 Å². The molecule has 4 rings (SSSR count). The van der Waals surface area contributed by atoms with Crippen molar-refractivity contribution in [1.82, 2.24) is 14.8 Å². The lowest BCUT2D eigenvalue weighted by atomic mass is 10.1. The Bertz CT molecular complexity index is 957. The highest BCUT2D eigenvalue weighted by atomic mass is 16.5. The van der Waals surface area contributed by atoms with Crippen molar-refractivity contribution < 1.29 is 34.4 Å². The third-order valence-electron chi connectivity index (χ3n) is 5.22. The van der Waals surface area contributed by atoms with Gasteiger partial charge in [-0.1, -0.05) is 18.2 Å². The third-order valence-corrected chi connectivity index (χ3v) is 5.22. The van der Waals surface area contributed by atoms with E-state index >= 15 is 0 Å². The van der Waals surface area contributed by atoms with Crippen molar-refractivity contribution in [1.29, 1.82) is 0 Å². The number of aliphatic carboxylic acids is 1. The molecule has 2 saturated heterocycles. The van der Waals surface area contributed by atoms with Crippen molar-refractivity contribution in [3.63, 3.8) is 0 Å². The Morgan fingerprint density at radius 1 is 1.12 bits per heavy atom. The van der Waals surface area contributed by atoms with Gasteiger partial charge in [0.1, 0.15) is 0 Å². The molecule has 1 aromatic heterocycles. The fraction of sp³-hybridized carbons (Fsp3) is 0.429. The van der Waals surface area contributed by atoms with Gasteiger partial charge in [0, 0.05) is 49.2 Å². The van der Waals surface area contributed by atoms with Crippen LogP contribution in [0.25, 0.3) is 10.9 Å². The quantitative estimate of drug-likeness (QED) is 0.473. The first-order valence-electron chi connectivity index (χ1n) is 9.94. The van der Waals surface area contributed by atoms with Crippen molar-refractivity contribution in [3.8, 4) is 0 Å². The molecule has 0 unspecified atom stereocenters. The van der Waals surface area contributed by atoms with Crippen molar-refractivity contribution >= 4 is 29.8 Å². The van der Waals surface area contributed by atoms with Gasteiger partial charge in [0.25, 0.3) is 18.5 Å². The van der Waals surface area contributed by atoms with Crippen LogP contribution in [-0.4, -0.2) is 94.5 Å². The first-order valence-corrected chi connectivity index (χ1v) is 9.94. The molecular formula is C21H27N3O8. The summed E-state index contributed by atoms with van der Waals surface area (Å²) in [6, 6.07) is 9.81. The van der Waals surface area contributed by atoms with E-state index < -0.39 is 5.97 Å². The minimum absolute atomic E-state index is 0.0530. The fourth-order valence-electron chi connectivity index (χ4n) is 4.07. The summed E-state index contributed by atoms with van der Waals surface area (Å²) < 4.78 is 5.78. The molecule has 11 heteroatoms. The summed E-state index contributed by atoms with van der Waals surface area (Å²) in [4.78, 5) is 47.5. The van der Waals surface area contributed by atoms with Gasteiger partial charge < -0.3 is 25.0 Å². The number of carbonyl (C=O) groups is 3. The average molecular weight is 449 g/mol. The normalized spacial score (nSPS) is 20.6. The number of benzene rings is 1. The van der Waals surface area contributed by atoms with E-state index in [9.17, 15) is 9.59 Å². The van der Waals surface area contributed by atoms with Crippen molar-refractivity contribution in [3.05, 3.63) is 46.2 Å². The van der Waals surface area contributed by atoms with Crippen LogP contribution in [0, 0.1) is 5.92 Å². The Labute approximate surface area is 183 Å². The van der Waals surface area contributed by atoms with Gasteiger partial charge >= 0.3 is 5.97 Å². The first kappa shape index (κ1) is 25.0. The maximum atomic E-state index is 12.5. The number of nitrogens with zero attached hydrogens (tertiary/aromatic N) is 2. The van der Waals surface area contributed by atoms with Gasteiger partial charge in [-0.25, -0.2) is 0 Å². The molecule has 2 fully saturated rings. The van der Waals surface area contributed by atoms with Crippen LogP contribution in [0.15, 0.2) is 35.1 Å². The Morgan fingerprint density at radius 2 is 1.81 bits per heavy atom. The van der Waals surface area contributed by atoms with E-state index in [2.05, 4.69) is 9.88 Å². The van der Waals surface area contributed by atoms with E-state index in [1.54, 1.807) is 0 Å². The van der Waals surface area contributed by atoms with Crippen molar-refractivity contribution in [2.45, 2.75) is 12.6 Å². The smallest absolute Gasteiger partial charge is 0.317 e. The van der Waals surface area contributed by atoms with Gasteiger partial charge in [0.2, 0.25) is 0 Å². The number of carboxylic acids is 1.